The summed E-state index contributed by atoms with van der Waals surface area (Å²) >= 11 is 1.14. The van der Waals surface area contributed by atoms with Crippen molar-refractivity contribution >= 4 is 17.7 Å². The Hall–Kier alpha value is -1.89. The van der Waals surface area contributed by atoms with Gasteiger partial charge in [-0.2, -0.15) is 0 Å². The van der Waals surface area contributed by atoms with E-state index < -0.39 is 5.97 Å². The van der Waals surface area contributed by atoms with Crippen LogP contribution in [0.4, 0.5) is 0 Å². The van der Waals surface area contributed by atoms with Crippen molar-refractivity contribution in [2.75, 3.05) is 5.75 Å². The van der Waals surface area contributed by atoms with Crippen LogP contribution in [-0.2, 0) is 11.8 Å². The van der Waals surface area contributed by atoms with E-state index in [1.807, 2.05) is 19.1 Å². The zero-order valence-electron chi connectivity index (χ0n) is 9.99. The highest BCUT2D eigenvalue weighted by Crippen LogP contribution is 2.22. The van der Waals surface area contributed by atoms with E-state index in [9.17, 15) is 4.79 Å². The van der Waals surface area contributed by atoms with E-state index in [0.717, 1.165) is 23.0 Å². The summed E-state index contributed by atoms with van der Waals surface area (Å²) in [5.41, 5.74) is 1.76. The van der Waals surface area contributed by atoms with Crippen molar-refractivity contribution < 1.29 is 9.90 Å². The fraction of sp³-hybridized carbons (Fsp3) is 0.273. The molecule has 0 aliphatic heterocycles. The Bertz CT molecular complexity index is 582. The molecule has 6 nitrogen and oxygen atoms in total. The van der Waals surface area contributed by atoms with Crippen molar-refractivity contribution in [1.82, 2.24) is 19.7 Å². The third-order valence-electron chi connectivity index (χ3n) is 2.38. The molecule has 18 heavy (non-hydrogen) atoms. The van der Waals surface area contributed by atoms with Gasteiger partial charge in [0, 0.05) is 13.2 Å². The first-order valence-electron chi connectivity index (χ1n) is 5.25. The van der Waals surface area contributed by atoms with Crippen molar-refractivity contribution in [3.8, 4) is 11.5 Å². The van der Waals surface area contributed by atoms with Crippen LogP contribution in [0.25, 0.3) is 11.5 Å². The molecule has 0 amide bonds. The molecule has 0 aliphatic carbocycles. The fourth-order valence-corrected chi connectivity index (χ4v) is 2.12. The molecule has 2 aromatic rings. The Morgan fingerprint density at radius 3 is 2.94 bits per heavy atom. The number of rotatable bonds is 4. The van der Waals surface area contributed by atoms with Gasteiger partial charge in [0.15, 0.2) is 11.0 Å². The summed E-state index contributed by atoms with van der Waals surface area (Å²) in [5.74, 6) is -0.271. The smallest absolute Gasteiger partial charge is 0.313 e. The molecular formula is C11H12N4O2S. The van der Waals surface area contributed by atoms with Crippen LogP contribution in [-0.4, -0.2) is 36.6 Å². The molecule has 0 spiro atoms. The van der Waals surface area contributed by atoms with Crippen LogP contribution >= 0.6 is 11.8 Å². The number of carbonyl (C=O) groups is 1. The lowest BCUT2D eigenvalue weighted by Gasteiger charge is -2.04. The van der Waals surface area contributed by atoms with E-state index >= 15 is 0 Å². The molecule has 0 radical (unpaired) electrons. The molecule has 0 saturated carbocycles. The molecule has 2 heterocycles. The molecular weight excluding hydrogens is 252 g/mol. The number of hydrogen-bond acceptors (Lipinski definition) is 5. The third-order valence-corrected chi connectivity index (χ3v) is 3.39. The summed E-state index contributed by atoms with van der Waals surface area (Å²) in [6, 6.07) is 3.80. The maximum absolute atomic E-state index is 10.5. The summed E-state index contributed by atoms with van der Waals surface area (Å²) in [7, 11) is 1.80. The van der Waals surface area contributed by atoms with Crippen molar-refractivity contribution in [3.05, 3.63) is 23.9 Å². The van der Waals surface area contributed by atoms with E-state index in [1.54, 1.807) is 17.8 Å². The van der Waals surface area contributed by atoms with Gasteiger partial charge in [-0.1, -0.05) is 17.8 Å². The lowest BCUT2D eigenvalue weighted by atomic mass is 10.2. The Balaban J connectivity index is 2.31. The lowest BCUT2D eigenvalue weighted by Crippen LogP contribution is -2.01. The maximum Gasteiger partial charge on any atom is 0.313 e. The minimum atomic E-state index is -0.876. The molecule has 2 aromatic heterocycles. The number of aromatic nitrogens is 4. The molecule has 1 N–H and O–H groups in total. The summed E-state index contributed by atoms with van der Waals surface area (Å²) in [4.78, 5) is 14.8. The van der Waals surface area contributed by atoms with Gasteiger partial charge >= 0.3 is 5.97 Å². The van der Waals surface area contributed by atoms with Gasteiger partial charge in [-0.25, -0.2) is 0 Å². The second-order valence-corrected chi connectivity index (χ2v) is 4.66. The molecule has 0 saturated heterocycles. The number of aliphatic carboxylic acids is 1. The van der Waals surface area contributed by atoms with E-state index in [4.69, 9.17) is 5.11 Å². The van der Waals surface area contributed by atoms with Crippen LogP contribution in [0.1, 0.15) is 5.56 Å². The monoisotopic (exact) mass is 264 g/mol. The number of pyridine rings is 1. The third kappa shape index (κ3) is 2.51. The highest BCUT2D eigenvalue weighted by atomic mass is 32.2. The fourth-order valence-electron chi connectivity index (χ4n) is 1.49. The van der Waals surface area contributed by atoms with Gasteiger partial charge in [-0.05, 0) is 18.6 Å². The Labute approximate surface area is 108 Å². The first-order chi connectivity index (χ1) is 8.59. The summed E-state index contributed by atoms with van der Waals surface area (Å²) in [6.45, 7) is 1.95. The first kappa shape index (κ1) is 12.6. The van der Waals surface area contributed by atoms with Crippen LogP contribution in [0.2, 0.25) is 0 Å². The summed E-state index contributed by atoms with van der Waals surface area (Å²) < 4.78 is 1.75. The lowest BCUT2D eigenvalue weighted by molar-refractivity contribution is -0.133. The largest absolute Gasteiger partial charge is 0.481 e. The highest BCUT2D eigenvalue weighted by molar-refractivity contribution is 7.99. The van der Waals surface area contributed by atoms with E-state index in [2.05, 4.69) is 15.2 Å². The van der Waals surface area contributed by atoms with Crippen LogP contribution in [0.3, 0.4) is 0 Å². The van der Waals surface area contributed by atoms with Crippen molar-refractivity contribution in [1.29, 1.82) is 0 Å². The molecule has 2 rings (SSSR count). The number of carboxylic acid groups (broad SMARTS) is 1. The molecule has 0 bridgehead atoms. The minimum Gasteiger partial charge on any atom is -0.481 e. The molecule has 0 fully saturated rings. The number of hydrogen-bond donors (Lipinski definition) is 1. The molecule has 94 valence electrons. The average molecular weight is 264 g/mol. The number of thioether (sulfide) groups is 1. The molecule has 0 unspecified atom stereocenters. The average Bonchev–Trinajstić information content (AvgIpc) is 2.69. The normalized spacial score (nSPS) is 10.6. The standard InChI is InChI=1S/C11H12N4O2S/c1-7-4-3-5-12-9(7)10-13-14-11(15(10)2)18-6-8(16)17/h3-5H,6H2,1-2H3,(H,16,17). The quantitative estimate of drug-likeness (QED) is 0.840. The van der Waals surface area contributed by atoms with Crippen molar-refractivity contribution in [3.63, 3.8) is 0 Å². The van der Waals surface area contributed by atoms with Crippen LogP contribution in [0, 0.1) is 6.92 Å². The SMILES string of the molecule is Cc1cccnc1-c1nnc(SCC(=O)O)n1C. The second kappa shape index (κ2) is 5.18. The highest BCUT2D eigenvalue weighted by Gasteiger charge is 2.14. The second-order valence-electron chi connectivity index (χ2n) is 3.72. The Morgan fingerprint density at radius 2 is 2.28 bits per heavy atom. The topological polar surface area (TPSA) is 80.9 Å². The van der Waals surface area contributed by atoms with Gasteiger partial charge in [-0.15, -0.1) is 10.2 Å². The van der Waals surface area contributed by atoms with Crippen molar-refractivity contribution in [2.45, 2.75) is 12.1 Å². The van der Waals surface area contributed by atoms with Crippen LogP contribution in [0.5, 0.6) is 0 Å². The van der Waals surface area contributed by atoms with E-state index in [-0.39, 0.29) is 5.75 Å². The van der Waals surface area contributed by atoms with E-state index in [0.29, 0.717) is 11.0 Å². The molecule has 0 aliphatic rings. The maximum atomic E-state index is 10.5. The zero-order chi connectivity index (χ0) is 13.1. The van der Waals surface area contributed by atoms with Gasteiger partial charge < -0.3 is 9.67 Å². The summed E-state index contributed by atoms with van der Waals surface area (Å²) in [6.07, 6.45) is 1.70. The van der Waals surface area contributed by atoms with Crippen LogP contribution in [0.15, 0.2) is 23.5 Å². The molecule has 0 atom stereocenters. The van der Waals surface area contributed by atoms with Crippen molar-refractivity contribution in [2.24, 2.45) is 7.05 Å². The van der Waals surface area contributed by atoms with Gasteiger partial charge in [0.1, 0.15) is 5.69 Å². The predicted molar refractivity (Wildman–Crippen MR) is 67.3 cm³/mol. The summed E-state index contributed by atoms with van der Waals surface area (Å²) in [5, 5.41) is 17.2. The Kier molecular flexibility index (Phi) is 3.61. The first-order valence-corrected chi connectivity index (χ1v) is 6.24. The van der Waals surface area contributed by atoms with Gasteiger partial charge in [0.25, 0.3) is 0 Å². The minimum absolute atomic E-state index is 0.0345. The van der Waals surface area contributed by atoms with Gasteiger partial charge in [0.2, 0.25) is 0 Å². The molecule has 0 aromatic carbocycles. The van der Waals surface area contributed by atoms with E-state index in [1.165, 1.54) is 0 Å². The number of aryl methyl sites for hydroxylation is 1. The van der Waals surface area contributed by atoms with Crippen LogP contribution < -0.4 is 0 Å². The molecule has 7 heteroatoms. The van der Waals surface area contributed by atoms with Gasteiger partial charge in [-0.3, -0.25) is 9.78 Å². The predicted octanol–water partition coefficient (Wildman–Crippen LogP) is 1.36. The number of carboxylic acids is 1. The van der Waals surface area contributed by atoms with Gasteiger partial charge in [0.05, 0.1) is 5.75 Å². The zero-order valence-corrected chi connectivity index (χ0v) is 10.8. The Morgan fingerprint density at radius 1 is 1.50 bits per heavy atom. The number of nitrogens with zero attached hydrogens (tertiary/aromatic N) is 4.